The Morgan fingerprint density at radius 1 is 1.57 bits per heavy atom. The third kappa shape index (κ3) is 2.08. The molecule has 0 saturated heterocycles. The molecule has 6 heteroatoms. The lowest BCUT2D eigenvalue weighted by molar-refractivity contribution is 0.646. The molecule has 5 nitrogen and oxygen atoms in total. The molecule has 0 spiro atoms. The third-order valence-corrected chi connectivity index (χ3v) is 2.60. The highest BCUT2D eigenvalue weighted by Crippen LogP contribution is 2.14. The average Bonchev–Trinajstić information content (AvgIpc) is 2.72. The van der Waals surface area contributed by atoms with Crippen molar-refractivity contribution in [1.29, 1.82) is 0 Å². The molecule has 0 bridgehead atoms. The van der Waals surface area contributed by atoms with Gasteiger partial charge in [0.15, 0.2) is 5.13 Å². The van der Waals surface area contributed by atoms with Crippen LogP contribution in [0.3, 0.4) is 0 Å². The molecule has 2 rings (SSSR count). The summed E-state index contributed by atoms with van der Waals surface area (Å²) in [5.74, 6) is 0. The first kappa shape index (κ1) is 9.14. The number of aromatic nitrogens is 4. The summed E-state index contributed by atoms with van der Waals surface area (Å²) in [7, 11) is 1.80. The highest BCUT2D eigenvalue weighted by atomic mass is 32.1. The fourth-order valence-electron chi connectivity index (χ4n) is 1.07. The average molecular weight is 209 g/mol. The van der Waals surface area contributed by atoms with Crippen molar-refractivity contribution >= 4 is 16.5 Å². The van der Waals surface area contributed by atoms with Crippen LogP contribution in [0.1, 0.15) is 11.4 Å². The van der Waals surface area contributed by atoms with Gasteiger partial charge in [-0.3, -0.25) is 0 Å². The van der Waals surface area contributed by atoms with Gasteiger partial charge in [0.2, 0.25) is 0 Å². The van der Waals surface area contributed by atoms with Gasteiger partial charge in [0.1, 0.15) is 5.69 Å². The van der Waals surface area contributed by atoms with Crippen LogP contribution in [-0.4, -0.2) is 20.0 Å². The molecule has 0 aliphatic rings. The quantitative estimate of drug-likeness (QED) is 0.825. The monoisotopic (exact) mass is 209 g/mol. The molecule has 0 saturated carbocycles. The van der Waals surface area contributed by atoms with Gasteiger partial charge in [-0.25, -0.2) is 4.98 Å². The molecule has 0 radical (unpaired) electrons. The summed E-state index contributed by atoms with van der Waals surface area (Å²) in [6, 6.07) is 0. The van der Waals surface area contributed by atoms with Gasteiger partial charge >= 0.3 is 0 Å². The predicted molar refractivity (Wildman–Crippen MR) is 55.2 cm³/mol. The van der Waals surface area contributed by atoms with E-state index in [1.54, 1.807) is 29.4 Å². The van der Waals surface area contributed by atoms with Gasteiger partial charge in [0.25, 0.3) is 0 Å². The number of nitrogens with one attached hydrogen (secondary N) is 1. The largest absolute Gasteiger partial charge is 0.356 e. The Morgan fingerprint density at radius 3 is 3.00 bits per heavy atom. The van der Waals surface area contributed by atoms with Crippen LogP contribution in [0.15, 0.2) is 11.6 Å². The molecular formula is C8H11N5S. The van der Waals surface area contributed by atoms with Crippen LogP contribution >= 0.6 is 11.3 Å². The van der Waals surface area contributed by atoms with Crippen LogP contribution < -0.4 is 5.32 Å². The molecular weight excluding hydrogens is 198 g/mol. The van der Waals surface area contributed by atoms with Crippen LogP contribution in [0.2, 0.25) is 0 Å². The van der Waals surface area contributed by atoms with E-state index in [2.05, 4.69) is 20.5 Å². The first-order valence-electron chi connectivity index (χ1n) is 4.25. The lowest BCUT2D eigenvalue weighted by Crippen LogP contribution is -2.00. The minimum Gasteiger partial charge on any atom is -0.356 e. The van der Waals surface area contributed by atoms with Gasteiger partial charge in [0, 0.05) is 12.4 Å². The van der Waals surface area contributed by atoms with Crippen LogP contribution in [0.4, 0.5) is 5.13 Å². The predicted octanol–water partition coefficient (Wildman–Crippen LogP) is 1.19. The molecule has 2 heterocycles. The molecule has 0 atom stereocenters. The second-order valence-electron chi connectivity index (χ2n) is 2.97. The highest BCUT2D eigenvalue weighted by molar-refractivity contribution is 7.13. The Morgan fingerprint density at radius 2 is 2.43 bits per heavy atom. The second-order valence-corrected chi connectivity index (χ2v) is 3.83. The molecule has 2 aromatic rings. The van der Waals surface area contributed by atoms with Crippen molar-refractivity contribution in [2.75, 3.05) is 5.32 Å². The van der Waals surface area contributed by atoms with Crippen LogP contribution in [0.5, 0.6) is 0 Å². The zero-order chi connectivity index (χ0) is 9.97. The smallest absolute Gasteiger partial charge is 0.183 e. The van der Waals surface area contributed by atoms with E-state index in [1.165, 1.54) is 0 Å². The van der Waals surface area contributed by atoms with E-state index >= 15 is 0 Å². The number of nitrogens with zero attached hydrogens (tertiary/aromatic N) is 4. The van der Waals surface area contributed by atoms with Gasteiger partial charge < -0.3 is 5.32 Å². The van der Waals surface area contributed by atoms with Gasteiger partial charge in [-0.2, -0.15) is 15.0 Å². The van der Waals surface area contributed by atoms with Gasteiger partial charge in [-0.1, -0.05) is 0 Å². The maximum atomic E-state index is 4.28. The van der Waals surface area contributed by atoms with Crippen molar-refractivity contribution in [3.05, 3.63) is 23.0 Å². The standard InChI is InChI=1S/C8H11N5S/c1-6-5-14-8(11-6)9-3-7-4-10-13(2)12-7/h4-5H,3H2,1-2H3,(H,9,11). The Bertz CT molecular complexity index is 379. The van der Waals surface area contributed by atoms with Crippen LogP contribution in [0, 0.1) is 6.92 Å². The van der Waals surface area contributed by atoms with Crippen molar-refractivity contribution < 1.29 is 0 Å². The number of hydrogen-bond donors (Lipinski definition) is 1. The molecule has 0 unspecified atom stereocenters. The molecule has 0 aliphatic heterocycles. The molecule has 14 heavy (non-hydrogen) atoms. The minimum atomic E-state index is 0.667. The lowest BCUT2D eigenvalue weighted by Gasteiger charge is -1.97. The van der Waals surface area contributed by atoms with Gasteiger partial charge in [-0.05, 0) is 6.92 Å². The normalized spacial score (nSPS) is 10.4. The topological polar surface area (TPSA) is 55.6 Å². The second kappa shape index (κ2) is 3.75. The van der Waals surface area contributed by atoms with Crippen molar-refractivity contribution in [2.24, 2.45) is 7.05 Å². The Labute approximate surface area is 85.8 Å². The minimum absolute atomic E-state index is 0.667. The van der Waals surface area contributed by atoms with Crippen LogP contribution in [-0.2, 0) is 13.6 Å². The van der Waals surface area contributed by atoms with E-state index in [0.29, 0.717) is 6.54 Å². The summed E-state index contributed by atoms with van der Waals surface area (Å²) in [6.45, 7) is 2.64. The Hall–Kier alpha value is -1.43. The van der Waals surface area contributed by atoms with Crippen molar-refractivity contribution in [2.45, 2.75) is 13.5 Å². The first-order valence-corrected chi connectivity index (χ1v) is 5.13. The highest BCUT2D eigenvalue weighted by Gasteiger charge is 2.00. The van der Waals surface area contributed by atoms with Gasteiger partial charge in [0.05, 0.1) is 18.4 Å². The fraction of sp³-hybridized carbons (Fsp3) is 0.375. The Kier molecular flexibility index (Phi) is 2.45. The first-order chi connectivity index (χ1) is 6.74. The van der Waals surface area contributed by atoms with E-state index < -0.39 is 0 Å². The number of aryl methyl sites for hydroxylation is 2. The zero-order valence-corrected chi connectivity index (χ0v) is 8.88. The van der Waals surface area contributed by atoms with E-state index in [-0.39, 0.29) is 0 Å². The molecule has 1 N–H and O–H groups in total. The summed E-state index contributed by atoms with van der Waals surface area (Å²) in [5, 5.41) is 14.3. The number of anilines is 1. The SMILES string of the molecule is Cc1csc(NCc2cnn(C)n2)n1. The molecule has 2 aromatic heterocycles. The zero-order valence-electron chi connectivity index (χ0n) is 8.06. The van der Waals surface area contributed by atoms with Crippen LogP contribution in [0.25, 0.3) is 0 Å². The molecule has 0 aliphatic carbocycles. The van der Waals surface area contributed by atoms with E-state index in [0.717, 1.165) is 16.5 Å². The van der Waals surface area contributed by atoms with Crippen molar-refractivity contribution in [3.8, 4) is 0 Å². The van der Waals surface area contributed by atoms with Gasteiger partial charge in [-0.15, -0.1) is 11.3 Å². The molecule has 0 fully saturated rings. The molecule has 0 amide bonds. The summed E-state index contributed by atoms with van der Waals surface area (Å²) >= 11 is 1.60. The molecule has 0 aromatic carbocycles. The summed E-state index contributed by atoms with van der Waals surface area (Å²) in [5.41, 5.74) is 1.96. The summed E-state index contributed by atoms with van der Waals surface area (Å²) < 4.78 is 0. The third-order valence-electron chi connectivity index (χ3n) is 1.69. The lowest BCUT2D eigenvalue weighted by atomic mass is 10.5. The van der Waals surface area contributed by atoms with E-state index in [1.807, 2.05) is 12.3 Å². The molecule has 74 valence electrons. The van der Waals surface area contributed by atoms with E-state index in [9.17, 15) is 0 Å². The van der Waals surface area contributed by atoms with Crippen molar-refractivity contribution in [1.82, 2.24) is 20.0 Å². The van der Waals surface area contributed by atoms with E-state index in [4.69, 9.17) is 0 Å². The Balaban J connectivity index is 1.94. The van der Waals surface area contributed by atoms with Crippen molar-refractivity contribution in [3.63, 3.8) is 0 Å². The maximum absolute atomic E-state index is 4.28. The maximum Gasteiger partial charge on any atom is 0.183 e. The number of hydrogen-bond acceptors (Lipinski definition) is 5. The number of rotatable bonds is 3. The fourth-order valence-corrected chi connectivity index (χ4v) is 1.76. The number of thiazole rings is 1. The summed E-state index contributed by atoms with van der Waals surface area (Å²) in [6.07, 6.45) is 1.74. The summed E-state index contributed by atoms with van der Waals surface area (Å²) in [4.78, 5) is 5.83.